The lowest BCUT2D eigenvalue weighted by atomic mass is 10.0. The maximum Gasteiger partial charge on any atom is 0.132 e. The van der Waals surface area contributed by atoms with Crippen molar-refractivity contribution in [1.29, 1.82) is 0 Å². The Hall–Kier alpha value is -1.57. The first-order chi connectivity index (χ1) is 7.18. The summed E-state index contributed by atoms with van der Waals surface area (Å²) in [7, 11) is 2.05. The summed E-state index contributed by atoms with van der Waals surface area (Å²) in [6, 6.07) is 0. The van der Waals surface area contributed by atoms with E-state index in [2.05, 4.69) is 35.7 Å². The van der Waals surface area contributed by atoms with E-state index in [9.17, 15) is 0 Å². The Morgan fingerprint density at radius 1 is 1.60 bits per heavy atom. The molecule has 2 rings (SSSR count). The van der Waals surface area contributed by atoms with Crippen molar-refractivity contribution in [3.63, 3.8) is 0 Å². The van der Waals surface area contributed by atoms with E-state index in [4.69, 9.17) is 0 Å². The topological polar surface area (TPSA) is 15.6 Å². The highest BCUT2D eigenvalue weighted by molar-refractivity contribution is 5.83. The number of likely N-dealkylation sites (N-methyl/N-ethyl adjacent to an activating group) is 1. The van der Waals surface area contributed by atoms with Gasteiger partial charge in [-0.2, -0.15) is 0 Å². The van der Waals surface area contributed by atoms with Crippen LogP contribution in [-0.4, -0.2) is 18.2 Å². The van der Waals surface area contributed by atoms with Crippen molar-refractivity contribution in [2.75, 3.05) is 7.05 Å². The Labute approximate surface area is 91.0 Å². The minimum absolute atomic E-state index is 0.966. The van der Waals surface area contributed by atoms with Crippen LogP contribution in [0.4, 0.5) is 0 Å². The summed E-state index contributed by atoms with van der Waals surface area (Å²) in [6.07, 6.45) is 10.6. The second kappa shape index (κ2) is 3.89. The molecule has 2 nitrogen and oxygen atoms in total. The van der Waals surface area contributed by atoms with Crippen molar-refractivity contribution in [3.05, 3.63) is 47.5 Å². The summed E-state index contributed by atoms with van der Waals surface area (Å²) in [6.45, 7) is 5.86. The van der Waals surface area contributed by atoms with Gasteiger partial charge in [0, 0.05) is 19.0 Å². The molecule has 0 bridgehead atoms. The quantitative estimate of drug-likeness (QED) is 0.635. The molecule has 1 heterocycles. The van der Waals surface area contributed by atoms with E-state index in [1.54, 1.807) is 0 Å². The van der Waals surface area contributed by atoms with Crippen LogP contribution in [0.5, 0.6) is 0 Å². The van der Waals surface area contributed by atoms with Crippen LogP contribution in [0.3, 0.4) is 0 Å². The predicted molar refractivity (Wildman–Crippen MR) is 64.6 cm³/mol. The minimum atomic E-state index is 0.966. The first-order valence-corrected chi connectivity index (χ1v) is 5.23. The fourth-order valence-corrected chi connectivity index (χ4v) is 1.84. The molecule has 0 aromatic rings. The van der Waals surface area contributed by atoms with E-state index < -0.39 is 0 Å². The molecule has 0 aromatic carbocycles. The maximum absolute atomic E-state index is 4.44. The minimum Gasteiger partial charge on any atom is -0.329 e. The highest BCUT2D eigenvalue weighted by Gasteiger charge is 2.17. The summed E-state index contributed by atoms with van der Waals surface area (Å²) >= 11 is 0. The molecular formula is C13H16N2. The third kappa shape index (κ3) is 1.94. The molecule has 0 aromatic heterocycles. The third-order valence-electron chi connectivity index (χ3n) is 2.62. The van der Waals surface area contributed by atoms with Crippen molar-refractivity contribution in [3.8, 4) is 0 Å². The van der Waals surface area contributed by atoms with Crippen molar-refractivity contribution in [2.24, 2.45) is 4.99 Å². The summed E-state index contributed by atoms with van der Waals surface area (Å²) in [5, 5.41) is 0. The molecule has 0 unspecified atom stereocenters. The first kappa shape index (κ1) is 9.97. The standard InChI is InChI=1S/C13H16N2/c1-10(2)8-13-14-9-11-6-4-5-7-12(11)15(13)3/h5,7-9H,1,4,6H2,2-3H3/b13-8-. The maximum atomic E-state index is 4.44. The van der Waals surface area contributed by atoms with E-state index >= 15 is 0 Å². The highest BCUT2D eigenvalue weighted by Crippen LogP contribution is 2.27. The average Bonchev–Trinajstić information content (AvgIpc) is 2.22. The van der Waals surface area contributed by atoms with Gasteiger partial charge < -0.3 is 4.90 Å². The molecule has 0 saturated carbocycles. The first-order valence-electron chi connectivity index (χ1n) is 5.23. The molecule has 0 N–H and O–H groups in total. The number of hydrogen-bond donors (Lipinski definition) is 0. The van der Waals surface area contributed by atoms with E-state index in [0.29, 0.717) is 0 Å². The summed E-state index contributed by atoms with van der Waals surface area (Å²) in [5.74, 6) is 0.966. The zero-order valence-corrected chi connectivity index (χ0v) is 9.33. The Balaban J connectivity index is 2.34. The molecule has 0 spiro atoms. The molecule has 1 aliphatic heterocycles. The van der Waals surface area contributed by atoms with E-state index in [-0.39, 0.29) is 0 Å². The third-order valence-corrected chi connectivity index (χ3v) is 2.62. The van der Waals surface area contributed by atoms with Gasteiger partial charge in [-0.25, -0.2) is 4.99 Å². The Bertz CT molecular complexity index is 408. The molecule has 78 valence electrons. The van der Waals surface area contributed by atoms with Crippen LogP contribution in [0.15, 0.2) is 52.5 Å². The molecule has 2 aliphatic rings. The number of rotatable bonds is 1. The Kier molecular flexibility index (Phi) is 2.58. The van der Waals surface area contributed by atoms with Gasteiger partial charge >= 0.3 is 0 Å². The number of allylic oxidation sites excluding steroid dienone is 5. The van der Waals surface area contributed by atoms with Crippen LogP contribution >= 0.6 is 0 Å². The van der Waals surface area contributed by atoms with Crippen molar-refractivity contribution in [1.82, 2.24) is 4.90 Å². The van der Waals surface area contributed by atoms with Gasteiger partial charge in [-0.3, -0.25) is 0 Å². The smallest absolute Gasteiger partial charge is 0.132 e. The van der Waals surface area contributed by atoms with Gasteiger partial charge in [-0.05, 0) is 37.5 Å². The average molecular weight is 200 g/mol. The predicted octanol–water partition coefficient (Wildman–Crippen LogP) is 3.02. The normalized spacial score (nSPS) is 22.3. The lowest BCUT2D eigenvalue weighted by molar-refractivity contribution is 0.514. The molecule has 0 atom stereocenters. The van der Waals surface area contributed by atoms with E-state index in [1.807, 2.05) is 19.2 Å². The van der Waals surface area contributed by atoms with Gasteiger partial charge in [-0.15, -0.1) is 0 Å². The van der Waals surface area contributed by atoms with Gasteiger partial charge in [0.15, 0.2) is 0 Å². The van der Waals surface area contributed by atoms with Crippen LogP contribution in [-0.2, 0) is 0 Å². The monoisotopic (exact) mass is 200 g/mol. The van der Waals surface area contributed by atoms with Crippen LogP contribution in [0.1, 0.15) is 19.8 Å². The SMILES string of the molecule is C=C(C)/C=C1/N=CC2=C(C=CCC2)N1C. The lowest BCUT2D eigenvalue weighted by Gasteiger charge is -2.28. The fraction of sp³-hybridized carbons (Fsp3) is 0.308. The fourth-order valence-electron chi connectivity index (χ4n) is 1.84. The largest absolute Gasteiger partial charge is 0.329 e. The van der Waals surface area contributed by atoms with E-state index in [0.717, 1.165) is 24.2 Å². The van der Waals surface area contributed by atoms with Crippen LogP contribution in [0.2, 0.25) is 0 Å². The van der Waals surface area contributed by atoms with Gasteiger partial charge in [-0.1, -0.05) is 18.2 Å². The Morgan fingerprint density at radius 2 is 2.40 bits per heavy atom. The van der Waals surface area contributed by atoms with Gasteiger partial charge in [0.2, 0.25) is 0 Å². The molecule has 0 radical (unpaired) electrons. The van der Waals surface area contributed by atoms with Gasteiger partial charge in [0.25, 0.3) is 0 Å². The van der Waals surface area contributed by atoms with Crippen molar-refractivity contribution in [2.45, 2.75) is 19.8 Å². The van der Waals surface area contributed by atoms with Crippen LogP contribution < -0.4 is 0 Å². The molecule has 1 aliphatic carbocycles. The lowest BCUT2D eigenvalue weighted by Crippen LogP contribution is -2.22. The van der Waals surface area contributed by atoms with Crippen molar-refractivity contribution < 1.29 is 0 Å². The van der Waals surface area contributed by atoms with Crippen LogP contribution in [0.25, 0.3) is 0 Å². The zero-order chi connectivity index (χ0) is 10.8. The second-order valence-electron chi connectivity index (χ2n) is 4.02. The number of aliphatic imine (C=N–C) groups is 1. The number of hydrogen-bond acceptors (Lipinski definition) is 2. The Morgan fingerprint density at radius 3 is 3.13 bits per heavy atom. The molecule has 0 amide bonds. The molecule has 15 heavy (non-hydrogen) atoms. The second-order valence-corrected chi connectivity index (χ2v) is 4.02. The van der Waals surface area contributed by atoms with Crippen LogP contribution in [0, 0.1) is 0 Å². The number of nitrogens with zero attached hydrogens (tertiary/aromatic N) is 2. The molecule has 0 saturated heterocycles. The molecular weight excluding hydrogens is 184 g/mol. The van der Waals surface area contributed by atoms with Crippen molar-refractivity contribution >= 4 is 6.21 Å². The molecule has 0 fully saturated rings. The van der Waals surface area contributed by atoms with E-state index in [1.165, 1.54) is 11.3 Å². The summed E-state index contributed by atoms with van der Waals surface area (Å²) in [5.41, 5.74) is 3.63. The van der Waals surface area contributed by atoms with Gasteiger partial charge in [0.05, 0.1) is 0 Å². The summed E-state index contributed by atoms with van der Waals surface area (Å²) < 4.78 is 0. The summed E-state index contributed by atoms with van der Waals surface area (Å²) in [4.78, 5) is 6.57. The zero-order valence-electron chi connectivity index (χ0n) is 9.33. The highest BCUT2D eigenvalue weighted by atomic mass is 15.2. The van der Waals surface area contributed by atoms with Gasteiger partial charge in [0.1, 0.15) is 5.82 Å². The molecule has 2 heteroatoms.